The van der Waals surface area contributed by atoms with Crippen LogP contribution in [0.4, 0.5) is 0 Å². The maximum atomic E-state index is 13.8. The molecular formula is C30H34N8O5. The number of H-pyrrole nitrogens is 1. The van der Waals surface area contributed by atoms with E-state index in [9.17, 15) is 14.4 Å². The molecule has 0 aliphatic carbocycles. The molecule has 0 fully saturated rings. The van der Waals surface area contributed by atoms with Crippen LogP contribution in [0.25, 0.3) is 33.7 Å². The van der Waals surface area contributed by atoms with Gasteiger partial charge in [-0.25, -0.2) is 14.9 Å². The summed E-state index contributed by atoms with van der Waals surface area (Å²) in [5, 5.41) is 14.3. The maximum absolute atomic E-state index is 13.8. The van der Waals surface area contributed by atoms with Crippen molar-refractivity contribution in [1.29, 1.82) is 0 Å². The van der Waals surface area contributed by atoms with Gasteiger partial charge in [0.15, 0.2) is 17.0 Å². The molecular weight excluding hydrogens is 552 g/mol. The van der Waals surface area contributed by atoms with E-state index in [2.05, 4.69) is 41.4 Å². The second-order valence-corrected chi connectivity index (χ2v) is 11.4. The molecule has 0 saturated heterocycles. The minimum atomic E-state index is -0.642. The summed E-state index contributed by atoms with van der Waals surface area (Å²) in [7, 11) is 2.74. The number of benzene rings is 2. The third-order valence-electron chi connectivity index (χ3n) is 7.05. The van der Waals surface area contributed by atoms with E-state index in [-0.39, 0.29) is 36.3 Å². The highest BCUT2D eigenvalue weighted by atomic mass is 16.5. The van der Waals surface area contributed by atoms with Crippen LogP contribution in [0.5, 0.6) is 0 Å². The van der Waals surface area contributed by atoms with Crippen molar-refractivity contribution in [3.8, 4) is 22.5 Å². The van der Waals surface area contributed by atoms with Crippen LogP contribution in [-0.4, -0.2) is 66.1 Å². The zero-order valence-electron chi connectivity index (χ0n) is 24.8. The van der Waals surface area contributed by atoms with Crippen LogP contribution in [0.3, 0.4) is 0 Å². The van der Waals surface area contributed by atoms with Crippen molar-refractivity contribution in [1.82, 2.24) is 39.3 Å². The van der Waals surface area contributed by atoms with Gasteiger partial charge in [-0.3, -0.25) is 18.7 Å². The fraction of sp³-hybridized carbons (Fsp3) is 0.367. The SMILES string of the molecule is COCCn1c(=O)c2c(nc(CC(C)(C)C)n2Cc2ccc(-c3ccccc3-c3nnn[nH]3)cc2)n(CC(=O)OC)c1=O. The third-order valence-corrected chi connectivity index (χ3v) is 7.05. The fourth-order valence-corrected chi connectivity index (χ4v) is 5.02. The third kappa shape index (κ3) is 6.16. The second-order valence-electron chi connectivity index (χ2n) is 11.4. The molecule has 0 aliphatic heterocycles. The number of esters is 1. The van der Waals surface area contributed by atoms with E-state index in [4.69, 9.17) is 14.5 Å². The predicted octanol–water partition coefficient (Wildman–Crippen LogP) is 2.66. The number of hydrogen-bond donors (Lipinski definition) is 1. The van der Waals surface area contributed by atoms with E-state index in [0.29, 0.717) is 24.6 Å². The molecule has 0 bridgehead atoms. The lowest BCUT2D eigenvalue weighted by Crippen LogP contribution is -2.42. The highest BCUT2D eigenvalue weighted by Gasteiger charge is 2.25. The minimum absolute atomic E-state index is 0.0277. The Bertz CT molecular complexity index is 1860. The largest absolute Gasteiger partial charge is 0.468 e. The number of nitrogens with zero attached hydrogens (tertiary/aromatic N) is 7. The molecule has 1 N–H and O–H groups in total. The quantitative estimate of drug-likeness (QED) is 0.244. The summed E-state index contributed by atoms with van der Waals surface area (Å²) in [5.41, 5.74) is 2.81. The molecule has 5 rings (SSSR count). The maximum Gasteiger partial charge on any atom is 0.333 e. The summed E-state index contributed by atoms with van der Waals surface area (Å²) in [6.07, 6.45) is 0.530. The first-order valence-corrected chi connectivity index (χ1v) is 13.8. The van der Waals surface area contributed by atoms with Gasteiger partial charge in [0.1, 0.15) is 12.4 Å². The Hall–Kier alpha value is -4.91. The Labute approximate surface area is 247 Å². The van der Waals surface area contributed by atoms with Crippen LogP contribution in [0.15, 0.2) is 58.1 Å². The standard InChI is InChI=1S/C30H34N8O5/c1-30(2,3)16-23-31-27-25(28(40)36(14-15-42-4)29(41)38(27)18-24(39)43-5)37(23)17-19-10-12-20(13-11-19)21-8-6-7-9-22(21)26-32-34-35-33-26/h6-13H,14-18H2,1-5H3,(H,32,33,34,35). The van der Waals surface area contributed by atoms with Crippen LogP contribution < -0.4 is 11.2 Å². The van der Waals surface area contributed by atoms with Crippen molar-refractivity contribution in [2.24, 2.45) is 5.41 Å². The Morgan fingerprint density at radius 1 is 0.953 bits per heavy atom. The average Bonchev–Trinajstić information content (AvgIpc) is 3.64. The number of aromatic amines is 1. The molecule has 5 aromatic rings. The summed E-state index contributed by atoms with van der Waals surface area (Å²) in [4.78, 5) is 44.3. The summed E-state index contributed by atoms with van der Waals surface area (Å²) in [6.45, 7) is 6.35. The molecule has 0 spiro atoms. The molecule has 0 amide bonds. The zero-order chi connectivity index (χ0) is 30.7. The summed E-state index contributed by atoms with van der Waals surface area (Å²) < 4.78 is 14.1. The number of fused-ring (bicyclic) bond motifs is 1. The zero-order valence-corrected chi connectivity index (χ0v) is 24.8. The Morgan fingerprint density at radius 2 is 1.67 bits per heavy atom. The van der Waals surface area contributed by atoms with E-state index in [1.807, 2.05) is 53.1 Å². The first-order chi connectivity index (χ1) is 20.6. The van der Waals surface area contributed by atoms with E-state index in [0.717, 1.165) is 26.8 Å². The molecule has 0 aliphatic rings. The van der Waals surface area contributed by atoms with Crippen molar-refractivity contribution in [3.63, 3.8) is 0 Å². The summed E-state index contributed by atoms with van der Waals surface area (Å²) in [6, 6.07) is 15.8. The number of hydrogen-bond acceptors (Lipinski definition) is 9. The smallest absolute Gasteiger partial charge is 0.333 e. The lowest BCUT2D eigenvalue weighted by molar-refractivity contribution is -0.141. The fourth-order valence-electron chi connectivity index (χ4n) is 5.02. The van der Waals surface area contributed by atoms with Gasteiger partial charge in [-0.1, -0.05) is 69.3 Å². The lowest BCUT2D eigenvalue weighted by atomic mass is 9.92. The topological polar surface area (TPSA) is 152 Å². The van der Waals surface area contributed by atoms with Gasteiger partial charge in [-0.15, -0.1) is 5.10 Å². The molecule has 3 aromatic heterocycles. The van der Waals surface area contributed by atoms with Crippen LogP contribution in [0, 0.1) is 5.41 Å². The Balaban J connectivity index is 1.63. The number of carbonyl (C=O) groups is 1. The van der Waals surface area contributed by atoms with Crippen LogP contribution in [0.2, 0.25) is 0 Å². The lowest BCUT2D eigenvalue weighted by Gasteiger charge is -2.19. The minimum Gasteiger partial charge on any atom is -0.468 e. The first kappa shape index (κ1) is 29.6. The summed E-state index contributed by atoms with van der Waals surface area (Å²) >= 11 is 0. The molecule has 0 unspecified atom stereocenters. The van der Waals surface area contributed by atoms with Crippen molar-refractivity contribution in [2.75, 3.05) is 20.8 Å². The molecule has 0 atom stereocenters. The van der Waals surface area contributed by atoms with E-state index < -0.39 is 17.2 Å². The Morgan fingerprint density at radius 3 is 2.30 bits per heavy atom. The van der Waals surface area contributed by atoms with E-state index in [1.165, 1.54) is 18.8 Å². The molecule has 13 heteroatoms. The number of methoxy groups -OCH3 is 2. The van der Waals surface area contributed by atoms with Gasteiger partial charge < -0.3 is 14.0 Å². The van der Waals surface area contributed by atoms with Crippen molar-refractivity contribution < 1.29 is 14.3 Å². The normalized spacial score (nSPS) is 11.7. The first-order valence-electron chi connectivity index (χ1n) is 13.8. The van der Waals surface area contributed by atoms with Crippen LogP contribution >= 0.6 is 0 Å². The molecule has 43 heavy (non-hydrogen) atoms. The number of carbonyl (C=O) groups excluding carboxylic acids is 1. The summed E-state index contributed by atoms with van der Waals surface area (Å²) in [5.74, 6) is 0.581. The van der Waals surface area contributed by atoms with Gasteiger partial charge in [-0.2, -0.15) is 0 Å². The number of imidazole rings is 1. The molecule has 13 nitrogen and oxygen atoms in total. The van der Waals surface area contributed by atoms with Gasteiger partial charge >= 0.3 is 11.7 Å². The van der Waals surface area contributed by atoms with Gasteiger partial charge in [0.05, 0.1) is 20.3 Å². The van der Waals surface area contributed by atoms with Crippen molar-refractivity contribution >= 4 is 17.1 Å². The number of tetrazole rings is 1. The average molecular weight is 587 g/mol. The van der Waals surface area contributed by atoms with Gasteiger partial charge in [0, 0.05) is 25.6 Å². The molecule has 3 heterocycles. The van der Waals surface area contributed by atoms with Gasteiger partial charge in [-0.05, 0) is 32.5 Å². The van der Waals surface area contributed by atoms with E-state index in [1.54, 1.807) is 0 Å². The number of rotatable bonds is 10. The molecule has 2 aromatic carbocycles. The number of aromatic nitrogens is 8. The number of ether oxygens (including phenoxy) is 2. The van der Waals surface area contributed by atoms with Crippen molar-refractivity contribution in [2.45, 2.75) is 46.8 Å². The second kappa shape index (κ2) is 12.1. The van der Waals surface area contributed by atoms with Crippen LogP contribution in [-0.2, 0) is 40.3 Å². The van der Waals surface area contributed by atoms with E-state index >= 15 is 0 Å². The molecule has 224 valence electrons. The van der Waals surface area contributed by atoms with Crippen molar-refractivity contribution in [3.05, 3.63) is 80.8 Å². The molecule has 0 radical (unpaired) electrons. The van der Waals surface area contributed by atoms with Gasteiger partial charge in [0.25, 0.3) is 5.56 Å². The van der Waals surface area contributed by atoms with Gasteiger partial charge in [0.2, 0.25) is 0 Å². The Kier molecular flexibility index (Phi) is 8.35. The monoisotopic (exact) mass is 586 g/mol. The van der Waals surface area contributed by atoms with Crippen LogP contribution in [0.1, 0.15) is 32.2 Å². The number of nitrogens with one attached hydrogen (secondary N) is 1. The predicted molar refractivity (Wildman–Crippen MR) is 159 cm³/mol. The highest BCUT2D eigenvalue weighted by Crippen LogP contribution is 2.30. The molecule has 0 saturated carbocycles. The highest BCUT2D eigenvalue weighted by molar-refractivity contribution is 5.80.